The number of ether oxygens (including phenoxy) is 1. The molecule has 1 unspecified atom stereocenters. The smallest absolute Gasteiger partial charge is 0.193 e. The van der Waals surface area contributed by atoms with Crippen LogP contribution in [-0.4, -0.2) is 51.3 Å². The van der Waals surface area contributed by atoms with Gasteiger partial charge in [-0.3, -0.25) is 4.99 Å². The lowest BCUT2D eigenvalue weighted by Gasteiger charge is -2.25. The third kappa shape index (κ3) is 3.52. The molecule has 0 aromatic heterocycles. The van der Waals surface area contributed by atoms with Crippen LogP contribution in [0.3, 0.4) is 0 Å². The fourth-order valence-corrected chi connectivity index (χ4v) is 3.84. The van der Waals surface area contributed by atoms with Crippen molar-refractivity contribution in [2.24, 2.45) is 10.9 Å². The van der Waals surface area contributed by atoms with E-state index in [4.69, 9.17) is 4.74 Å². The van der Waals surface area contributed by atoms with Crippen LogP contribution in [0.2, 0.25) is 0 Å². The van der Waals surface area contributed by atoms with E-state index in [-0.39, 0.29) is 0 Å². The highest BCUT2D eigenvalue weighted by molar-refractivity contribution is 5.80. The molecule has 1 saturated heterocycles. The number of methoxy groups -OCH3 is 1. The summed E-state index contributed by atoms with van der Waals surface area (Å²) in [5, 5.41) is 3.64. The molecule has 1 aliphatic carbocycles. The molecule has 4 nitrogen and oxygen atoms in total. The summed E-state index contributed by atoms with van der Waals surface area (Å²) in [6.07, 6.45) is 3.74. The highest BCUT2D eigenvalue weighted by Gasteiger charge is 2.45. The predicted molar refractivity (Wildman–Crippen MR) is 95.0 cm³/mol. The van der Waals surface area contributed by atoms with Crippen molar-refractivity contribution in [2.45, 2.75) is 31.6 Å². The number of aryl methyl sites for hydroxylation is 1. The highest BCUT2D eigenvalue weighted by atomic mass is 16.5. The number of benzene rings is 1. The van der Waals surface area contributed by atoms with E-state index in [0.717, 1.165) is 32.2 Å². The van der Waals surface area contributed by atoms with Gasteiger partial charge in [-0.25, -0.2) is 0 Å². The molecule has 1 aliphatic heterocycles. The fourth-order valence-electron chi connectivity index (χ4n) is 3.84. The number of nitrogens with one attached hydrogen (secondary N) is 1. The average molecular weight is 315 g/mol. The van der Waals surface area contributed by atoms with Crippen molar-refractivity contribution in [3.05, 3.63) is 35.4 Å². The van der Waals surface area contributed by atoms with Gasteiger partial charge in [0.15, 0.2) is 5.96 Å². The molecule has 1 atom stereocenters. The third-order valence-electron chi connectivity index (χ3n) is 5.35. The van der Waals surface area contributed by atoms with Gasteiger partial charge in [-0.15, -0.1) is 0 Å². The maximum absolute atomic E-state index is 5.30. The molecule has 1 aromatic rings. The maximum Gasteiger partial charge on any atom is 0.193 e. The van der Waals surface area contributed by atoms with Crippen LogP contribution in [0.15, 0.2) is 29.3 Å². The van der Waals surface area contributed by atoms with E-state index in [2.05, 4.69) is 46.4 Å². The Morgan fingerprint density at radius 2 is 2.17 bits per heavy atom. The zero-order chi connectivity index (χ0) is 16.3. The molecule has 0 radical (unpaired) electrons. The monoisotopic (exact) mass is 315 g/mol. The Balaban J connectivity index is 1.60. The highest BCUT2D eigenvalue weighted by Crippen LogP contribution is 2.48. The largest absolute Gasteiger partial charge is 0.384 e. The van der Waals surface area contributed by atoms with E-state index in [1.54, 1.807) is 7.11 Å². The van der Waals surface area contributed by atoms with Crippen LogP contribution in [0.1, 0.15) is 30.4 Å². The molecular weight excluding hydrogens is 286 g/mol. The topological polar surface area (TPSA) is 36.9 Å². The Bertz CT molecular complexity index is 565. The van der Waals surface area contributed by atoms with Crippen molar-refractivity contribution >= 4 is 5.96 Å². The van der Waals surface area contributed by atoms with Gasteiger partial charge in [-0.05, 0) is 37.3 Å². The third-order valence-corrected chi connectivity index (χ3v) is 5.35. The Kier molecular flexibility index (Phi) is 4.90. The van der Waals surface area contributed by atoms with E-state index < -0.39 is 0 Å². The van der Waals surface area contributed by atoms with Gasteiger partial charge in [0.2, 0.25) is 0 Å². The fraction of sp³-hybridized carbons (Fsp3) is 0.632. The minimum absolute atomic E-state index is 0.312. The molecule has 1 N–H and O–H groups in total. The van der Waals surface area contributed by atoms with Gasteiger partial charge < -0.3 is 15.0 Å². The van der Waals surface area contributed by atoms with Gasteiger partial charge in [0.05, 0.1) is 6.61 Å². The minimum atomic E-state index is 0.312. The summed E-state index contributed by atoms with van der Waals surface area (Å²) in [6, 6.07) is 8.80. The molecule has 2 fully saturated rings. The predicted octanol–water partition coefficient (Wildman–Crippen LogP) is 2.57. The Labute approximate surface area is 139 Å². The Morgan fingerprint density at radius 3 is 2.83 bits per heavy atom. The standard InChI is InChI=1S/C19H29N3O/c1-15-6-4-5-7-17(15)19(9-10-19)14-21-18(20-2)22-11-8-16(12-22)13-23-3/h4-7,16H,8-14H2,1-3H3,(H,20,21). The van der Waals surface area contributed by atoms with Gasteiger partial charge in [0, 0.05) is 45.1 Å². The second kappa shape index (κ2) is 6.91. The first kappa shape index (κ1) is 16.3. The number of hydrogen-bond acceptors (Lipinski definition) is 2. The van der Waals surface area contributed by atoms with Gasteiger partial charge in [-0.1, -0.05) is 24.3 Å². The molecule has 126 valence electrons. The lowest BCUT2D eigenvalue weighted by Crippen LogP contribution is -2.43. The molecule has 23 heavy (non-hydrogen) atoms. The summed E-state index contributed by atoms with van der Waals surface area (Å²) < 4.78 is 5.30. The molecule has 2 aliphatic rings. The Hall–Kier alpha value is -1.55. The van der Waals surface area contributed by atoms with Crippen molar-refractivity contribution in [1.29, 1.82) is 0 Å². The van der Waals surface area contributed by atoms with E-state index in [1.165, 1.54) is 30.4 Å². The van der Waals surface area contributed by atoms with E-state index in [9.17, 15) is 0 Å². The lowest BCUT2D eigenvalue weighted by atomic mass is 9.92. The first-order valence-corrected chi connectivity index (χ1v) is 8.69. The molecule has 1 aromatic carbocycles. The number of rotatable bonds is 5. The molecule has 3 rings (SSSR count). The van der Waals surface area contributed by atoms with Crippen molar-refractivity contribution in [3.8, 4) is 0 Å². The molecule has 4 heteroatoms. The normalized spacial score (nSPS) is 23.2. The number of hydrogen-bond donors (Lipinski definition) is 1. The van der Waals surface area contributed by atoms with Crippen LogP contribution < -0.4 is 5.32 Å². The molecular formula is C19H29N3O. The van der Waals surface area contributed by atoms with Gasteiger partial charge in [0.1, 0.15) is 0 Å². The van der Waals surface area contributed by atoms with Gasteiger partial charge in [-0.2, -0.15) is 0 Å². The minimum Gasteiger partial charge on any atom is -0.384 e. The van der Waals surface area contributed by atoms with Crippen LogP contribution >= 0.6 is 0 Å². The summed E-state index contributed by atoms with van der Waals surface area (Å²) in [6.45, 7) is 6.17. The van der Waals surface area contributed by atoms with Gasteiger partial charge >= 0.3 is 0 Å². The van der Waals surface area contributed by atoms with Crippen LogP contribution in [0, 0.1) is 12.8 Å². The maximum atomic E-state index is 5.30. The van der Waals surface area contributed by atoms with E-state index >= 15 is 0 Å². The van der Waals surface area contributed by atoms with E-state index in [1.807, 2.05) is 7.05 Å². The van der Waals surface area contributed by atoms with Crippen LogP contribution in [0.25, 0.3) is 0 Å². The van der Waals surface area contributed by atoms with Crippen molar-refractivity contribution < 1.29 is 4.74 Å². The van der Waals surface area contributed by atoms with Gasteiger partial charge in [0.25, 0.3) is 0 Å². The molecule has 1 saturated carbocycles. The Morgan fingerprint density at radius 1 is 1.39 bits per heavy atom. The molecule has 0 spiro atoms. The summed E-state index contributed by atoms with van der Waals surface area (Å²) >= 11 is 0. The zero-order valence-corrected chi connectivity index (χ0v) is 14.6. The zero-order valence-electron chi connectivity index (χ0n) is 14.6. The average Bonchev–Trinajstić information content (AvgIpc) is 3.20. The SMILES string of the molecule is CN=C(NCC1(c2ccccc2C)CC1)N1CCC(COC)C1. The summed E-state index contributed by atoms with van der Waals surface area (Å²) in [7, 11) is 3.67. The van der Waals surface area contributed by atoms with Crippen LogP contribution in [0.4, 0.5) is 0 Å². The summed E-state index contributed by atoms with van der Waals surface area (Å²) in [5.41, 5.74) is 3.22. The lowest BCUT2D eigenvalue weighted by molar-refractivity contribution is 0.157. The van der Waals surface area contributed by atoms with Crippen molar-refractivity contribution in [1.82, 2.24) is 10.2 Å². The number of guanidine groups is 1. The first-order chi connectivity index (χ1) is 11.2. The number of nitrogens with zero attached hydrogens (tertiary/aromatic N) is 2. The summed E-state index contributed by atoms with van der Waals surface area (Å²) in [4.78, 5) is 6.87. The molecule has 0 amide bonds. The second-order valence-corrected chi connectivity index (χ2v) is 7.05. The number of aliphatic imine (C=N–C) groups is 1. The number of likely N-dealkylation sites (tertiary alicyclic amines) is 1. The molecule has 0 bridgehead atoms. The van der Waals surface area contributed by atoms with Crippen LogP contribution in [0.5, 0.6) is 0 Å². The van der Waals surface area contributed by atoms with Crippen molar-refractivity contribution in [3.63, 3.8) is 0 Å². The van der Waals surface area contributed by atoms with E-state index in [0.29, 0.717) is 11.3 Å². The first-order valence-electron chi connectivity index (χ1n) is 8.69. The van der Waals surface area contributed by atoms with Crippen molar-refractivity contribution in [2.75, 3.05) is 40.4 Å². The molecule has 1 heterocycles. The summed E-state index contributed by atoms with van der Waals surface area (Å²) in [5.74, 6) is 1.67. The quantitative estimate of drug-likeness (QED) is 0.670. The van der Waals surface area contributed by atoms with Crippen LogP contribution in [-0.2, 0) is 10.2 Å². The second-order valence-electron chi connectivity index (χ2n) is 7.05.